The molecule has 0 aromatic heterocycles. The topological polar surface area (TPSA) is 49.4 Å². The van der Waals surface area contributed by atoms with Crippen molar-refractivity contribution in [3.63, 3.8) is 0 Å². The highest BCUT2D eigenvalue weighted by Crippen LogP contribution is 2.38. The Kier molecular flexibility index (Phi) is 2.36. The van der Waals surface area contributed by atoms with Crippen LogP contribution in [0.1, 0.15) is 20.3 Å². The lowest BCUT2D eigenvalue weighted by atomic mass is 9.81. The van der Waals surface area contributed by atoms with Gasteiger partial charge in [0.2, 0.25) is 10.0 Å². The van der Waals surface area contributed by atoms with Gasteiger partial charge in [0.15, 0.2) is 0 Å². The molecular weight excluding hydrogens is 200 g/mol. The molecule has 0 aromatic rings. The molecule has 0 aromatic carbocycles. The van der Waals surface area contributed by atoms with E-state index in [1.165, 1.54) is 0 Å². The van der Waals surface area contributed by atoms with Gasteiger partial charge in [0.25, 0.3) is 0 Å². The molecule has 5 heteroatoms. The molecule has 0 atom stereocenters. The normalized spacial score (nSPS) is 27.1. The van der Waals surface area contributed by atoms with Crippen molar-refractivity contribution in [1.82, 2.24) is 9.62 Å². The first-order chi connectivity index (χ1) is 6.46. The molecule has 2 saturated heterocycles. The average molecular weight is 218 g/mol. The van der Waals surface area contributed by atoms with E-state index in [2.05, 4.69) is 5.32 Å². The molecule has 4 nitrogen and oxygen atoms in total. The maximum absolute atomic E-state index is 11.8. The number of sulfonamides is 1. The van der Waals surface area contributed by atoms with Gasteiger partial charge in [-0.1, -0.05) is 0 Å². The van der Waals surface area contributed by atoms with Gasteiger partial charge in [0.1, 0.15) is 0 Å². The molecule has 2 aliphatic heterocycles. The van der Waals surface area contributed by atoms with Crippen LogP contribution in [0.15, 0.2) is 0 Å². The Bertz CT molecular complexity index is 310. The highest BCUT2D eigenvalue weighted by Gasteiger charge is 2.49. The van der Waals surface area contributed by atoms with Gasteiger partial charge < -0.3 is 5.32 Å². The Morgan fingerprint density at radius 2 is 2.00 bits per heavy atom. The number of hydrogen-bond acceptors (Lipinski definition) is 3. The number of hydrogen-bond donors (Lipinski definition) is 1. The second-order valence-corrected chi connectivity index (χ2v) is 7.28. The third kappa shape index (κ3) is 1.47. The van der Waals surface area contributed by atoms with Gasteiger partial charge in [-0.3, -0.25) is 0 Å². The first-order valence-electron chi connectivity index (χ1n) is 5.16. The molecule has 2 rings (SSSR count). The van der Waals surface area contributed by atoms with E-state index >= 15 is 0 Å². The second kappa shape index (κ2) is 3.18. The predicted octanol–water partition coefficient (Wildman–Crippen LogP) is 0.0199. The van der Waals surface area contributed by atoms with Crippen LogP contribution in [0.2, 0.25) is 0 Å². The van der Waals surface area contributed by atoms with E-state index in [0.717, 1.165) is 32.6 Å². The highest BCUT2D eigenvalue weighted by atomic mass is 32.2. The molecule has 82 valence electrons. The number of rotatable bonds is 2. The average Bonchev–Trinajstić information content (AvgIpc) is 2.48. The quantitative estimate of drug-likeness (QED) is 0.711. The van der Waals surface area contributed by atoms with E-state index in [1.54, 1.807) is 18.2 Å². The predicted molar refractivity (Wildman–Crippen MR) is 55.5 cm³/mol. The first-order valence-corrected chi connectivity index (χ1v) is 6.66. The third-order valence-corrected chi connectivity index (χ3v) is 5.48. The summed E-state index contributed by atoms with van der Waals surface area (Å²) < 4.78 is 25.1. The minimum Gasteiger partial charge on any atom is -0.316 e. The van der Waals surface area contributed by atoms with Crippen molar-refractivity contribution in [2.45, 2.75) is 25.5 Å². The van der Waals surface area contributed by atoms with E-state index in [-0.39, 0.29) is 10.7 Å². The molecule has 0 bridgehead atoms. The molecule has 1 N–H and O–H groups in total. The van der Waals surface area contributed by atoms with Crippen molar-refractivity contribution < 1.29 is 8.42 Å². The SMILES string of the molecule is CC(C)S(=O)(=O)N1CC2(CCNC2)C1. The molecular formula is C9H18N2O2S. The molecule has 2 heterocycles. The number of nitrogens with one attached hydrogen (secondary N) is 1. The van der Waals surface area contributed by atoms with Gasteiger partial charge >= 0.3 is 0 Å². The Hall–Kier alpha value is -0.130. The maximum atomic E-state index is 11.8. The van der Waals surface area contributed by atoms with Crippen molar-refractivity contribution in [2.24, 2.45) is 5.41 Å². The largest absolute Gasteiger partial charge is 0.316 e. The van der Waals surface area contributed by atoms with Crippen molar-refractivity contribution in [3.05, 3.63) is 0 Å². The van der Waals surface area contributed by atoms with Crippen molar-refractivity contribution >= 4 is 10.0 Å². The summed E-state index contributed by atoms with van der Waals surface area (Å²) >= 11 is 0. The Morgan fingerprint density at radius 3 is 2.43 bits per heavy atom. The molecule has 0 amide bonds. The van der Waals surface area contributed by atoms with Crippen LogP contribution in [-0.2, 0) is 10.0 Å². The first kappa shape index (κ1) is 10.4. The van der Waals surface area contributed by atoms with Crippen molar-refractivity contribution in [2.75, 3.05) is 26.2 Å². The van der Waals surface area contributed by atoms with Crippen LogP contribution in [0.5, 0.6) is 0 Å². The molecule has 14 heavy (non-hydrogen) atoms. The summed E-state index contributed by atoms with van der Waals surface area (Å²) in [6.07, 6.45) is 1.12. The van der Waals surface area contributed by atoms with Crippen molar-refractivity contribution in [1.29, 1.82) is 0 Å². The van der Waals surface area contributed by atoms with Gasteiger partial charge in [-0.25, -0.2) is 12.7 Å². The Labute approximate surface area is 85.7 Å². The summed E-state index contributed by atoms with van der Waals surface area (Å²) in [7, 11) is -3.00. The molecule has 2 aliphatic rings. The molecule has 0 saturated carbocycles. The van der Waals surface area contributed by atoms with Crippen LogP contribution in [0.25, 0.3) is 0 Å². The minimum atomic E-state index is -3.00. The molecule has 0 aliphatic carbocycles. The van der Waals surface area contributed by atoms with Crippen LogP contribution in [-0.4, -0.2) is 44.2 Å². The van der Waals surface area contributed by atoms with Gasteiger partial charge in [0, 0.05) is 25.0 Å². The van der Waals surface area contributed by atoms with Gasteiger partial charge in [0.05, 0.1) is 5.25 Å². The van der Waals surface area contributed by atoms with Crippen LogP contribution in [0.3, 0.4) is 0 Å². The zero-order valence-electron chi connectivity index (χ0n) is 8.78. The van der Waals surface area contributed by atoms with E-state index in [4.69, 9.17) is 0 Å². The molecule has 2 fully saturated rings. The second-order valence-electron chi connectivity index (χ2n) is 4.79. The summed E-state index contributed by atoms with van der Waals surface area (Å²) in [4.78, 5) is 0. The van der Waals surface area contributed by atoms with Crippen LogP contribution in [0, 0.1) is 5.41 Å². The van der Waals surface area contributed by atoms with E-state index in [0.29, 0.717) is 0 Å². The lowest BCUT2D eigenvalue weighted by Crippen LogP contribution is -2.60. The van der Waals surface area contributed by atoms with E-state index in [9.17, 15) is 8.42 Å². The monoisotopic (exact) mass is 218 g/mol. The van der Waals surface area contributed by atoms with Crippen LogP contribution < -0.4 is 5.32 Å². The zero-order valence-corrected chi connectivity index (χ0v) is 9.60. The lowest BCUT2D eigenvalue weighted by molar-refractivity contribution is 0.0910. The highest BCUT2D eigenvalue weighted by molar-refractivity contribution is 7.89. The van der Waals surface area contributed by atoms with E-state index < -0.39 is 10.0 Å². The fraction of sp³-hybridized carbons (Fsp3) is 1.00. The van der Waals surface area contributed by atoms with Crippen LogP contribution in [0.4, 0.5) is 0 Å². The van der Waals surface area contributed by atoms with Gasteiger partial charge in [-0.2, -0.15) is 0 Å². The number of nitrogens with zero attached hydrogens (tertiary/aromatic N) is 1. The summed E-state index contributed by atoms with van der Waals surface area (Å²) in [5, 5.41) is 3.01. The fourth-order valence-electron chi connectivity index (χ4n) is 2.25. The smallest absolute Gasteiger partial charge is 0.216 e. The van der Waals surface area contributed by atoms with Crippen molar-refractivity contribution in [3.8, 4) is 0 Å². The lowest BCUT2D eigenvalue weighted by Gasteiger charge is -2.47. The zero-order chi connectivity index (χ0) is 10.4. The molecule has 0 unspecified atom stereocenters. The fourth-order valence-corrected chi connectivity index (χ4v) is 3.75. The van der Waals surface area contributed by atoms with Gasteiger partial charge in [-0.05, 0) is 26.8 Å². The summed E-state index contributed by atoms with van der Waals surface area (Å²) in [5.41, 5.74) is 0.266. The minimum absolute atomic E-state index is 0.266. The summed E-state index contributed by atoms with van der Waals surface area (Å²) in [5.74, 6) is 0. The summed E-state index contributed by atoms with van der Waals surface area (Å²) in [6, 6.07) is 0. The standard InChI is InChI=1S/C9H18N2O2S/c1-8(2)14(12,13)11-6-9(7-11)3-4-10-5-9/h8,10H,3-7H2,1-2H3. The molecule has 1 spiro atoms. The van der Waals surface area contributed by atoms with E-state index in [1.807, 2.05) is 0 Å². The van der Waals surface area contributed by atoms with Crippen LogP contribution >= 0.6 is 0 Å². The molecule has 0 radical (unpaired) electrons. The van der Waals surface area contributed by atoms with Gasteiger partial charge in [-0.15, -0.1) is 0 Å². The Balaban J connectivity index is 2.00. The maximum Gasteiger partial charge on any atom is 0.216 e. The Morgan fingerprint density at radius 1 is 1.36 bits per heavy atom. The third-order valence-electron chi connectivity index (χ3n) is 3.31. The summed E-state index contributed by atoms with van der Waals surface area (Å²) in [6.45, 7) is 6.95.